The van der Waals surface area contributed by atoms with Crippen molar-refractivity contribution in [2.75, 3.05) is 18.0 Å². The second-order valence-electron chi connectivity index (χ2n) is 5.05. The van der Waals surface area contributed by atoms with E-state index in [0.29, 0.717) is 16.6 Å². The first kappa shape index (κ1) is 16.2. The Morgan fingerprint density at radius 2 is 1.86 bits per heavy atom. The Kier molecular flexibility index (Phi) is 5.51. The fourth-order valence-electron chi connectivity index (χ4n) is 2.55. The number of hydrogen-bond donors (Lipinski definition) is 1. The molecule has 2 aromatic carbocycles. The third-order valence-corrected chi connectivity index (χ3v) is 4.34. The van der Waals surface area contributed by atoms with Crippen molar-refractivity contribution in [3.05, 3.63) is 63.6 Å². The molecule has 0 spiro atoms. The van der Waals surface area contributed by atoms with Crippen LogP contribution in [0.15, 0.2) is 42.5 Å². The van der Waals surface area contributed by atoms with Crippen LogP contribution in [0.3, 0.4) is 0 Å². The molecule has 0 amide bonds. The summed E-state index contributed by atoms with van der Waals surface area (Å²) in [6, 6.07) is 14.2. The van der Waals surface area contributed by atoms with Crippen LogP contribution < -0.4 is 10.6 Å². The molecule has 0 fully saturated rings. The molecule has 2 N–H and O–H groups in total. The van der Waals surface area contributed by atoms with Gasteiger partial charge in [-0.1, -0.05) is 41.4 Å². The summed E-state index contributed by atoms with van der Waals surface area (Å²) in [7, 11) is 0. The van der Waals surface area contributed by atoms with E-state index in [9.17, 15) is 0 Å². The number of aryl methyl sites for hydroxylation is 1. The average Bonchev–Trinajstić information content (AvgIpc) is 2.47. The molecule has 112 valence electrons. The van der Waals surface area contributed by atoms with Crippen LogP contribution in [0.1, 0.15) is 24.1 Å². The summed E-state index contributed by atoms with van der Waals surface area (Å²) in [6.07, 6.45) is 0. The molecule has 1 unspecified atom stereocenters. The van der Waals surface area contributed by atoms with Crippen molar-refractivity contribution < 1.29 is 0 Å². The SMILES string of the molecule is CCN(c1cccc(C)c1)C(CN)c1ccc(Cl)c(Cl)c1. The summed E-state index contributed by atoms with van der Waals surface area (Å²) in [5, 5.41) is 1.13. The predicted molar refractivity (Wildman–Crippen MR) is 92.5 cm³/mol. The van der Waals surface area contributed by atoms with Crippen LogP contribution in [0.25, 0.3) is 0 Å². The summed E-state index contributed by atoms with van der Waals surface area (Å²) < 4.78 is 0. The van der Waals surface area contributed by atoms with Crippen LogP contribution >= 0.6 is 23.2 Å². The Balaban J connectivity index is 2.39. The van der Waals surface area contributed by atoms with Crippen molar-refractivity contribution in [3.8, 4) is 0 Å². The van der Waals surface area contributed by atoms with Gasteiger partial charge in [0.2, 0.25) is 0 Å². The van der Waals surface area contributed by atoms with Gasteiger partial charge >= 0.3 is 0 Å². The standard InChI is InChI=1S/C17H20Cl2N2/c1-3-21(14-6-4-5-12(2)9-14)17(11-20)13-7-8-15(18)16(19)10-13/h4-10,17H,3,11,20H2,1-2H3. The van der Waals surface area contributed by atoms with E-state index >= 15 is 0 Å². The summed E-state index contributed by atoms with van der Waals surface area (Å²) >= 11 is 12.1. The van der Waals surface area contributed by atoms with Gasteiger partial charge in [0.1, 0.15) is 0 Å². The number of nitrogens with two attached hydrogens (primary N) is 1. The van der Waals surface area contributed by atoms with E-state index in [0.717, 1.165) is 12.1 Å². The summed E-state index contributed by atoms with van der Waals surface area (Å²) in [5.74, 6) is 0. The Bertz CT molecular complexity index is 613. The molecular formula is C17H20Cl2N2. The lowest BCUT2D eigenvalue weighted by molar-refractivity contribution is 0.643. The molecule has 2 nitrogen and oxygen atoms in total. The molecule has 2 rings (SSSR count). The summed E-state index contributed by atoms with van der Waals surface area (Å²) in [4.78, 5) is 2.28. The summed E-state index contributed by atoms with van der Waals surface area (Å²) in [5.41, 5.74) is 9.50. The van der Waals surface area contributed by atoms with Crippen LogP contribution in [0.2, 0.25) is 10.0 Å². The van der Waals surface area contributed by atoms with Crippen molar-refractivity contribution in [2.24, 2.45) is 5.73 Å². The van der Waals surface area contributed by atoms with Crippen LogP contribution in [-0.2, 0) is 0 Å². The Labute approximate surface area is 136 Å². The minimum Gasteiger partial charge on any atom is -0.363 e. The van der Waals surface area contributed by atoms with Gasteiger partial charge in [-0.25, -0.2) is 0 Å². The Morgan fingerprint density at radius 3 is 2.43 bits per heavy atom. The first-order chi connectivity index (χ1) is 10.1. The molecule has 21 heavy (non-hydrogen) atoms. The number of rotatable bonds is 5. The van der Waals surface area contributed by atoms with E-state index in [1.807, 2.05) is 18.2 Å². The fraction of sp³-hybridized carbons (Fsp3) is 0.294. The fourth-order valence-corrected chi connectivity index (χ4v) is 2.86. The van der Waals surface area contributed by atoms with Gasteiger partial charge in [0, 0.05) is 18.8 Å². The first-order valence-corrected chi connectivity index (χ1v) is 7.80. The quantitative estimate of drug-likeness (QED) is 0.854. The maximum atomic E-state index is 6.14. The van der Waals surface area contributed by atoms with E-state index in [4.69, 9.17) is 28.9 Å². The lowest BCUT2D eigenvalue weighted by atomic mass is 10.0. The van der Waals surface area contributed by atoms with Gasteiger partial charge in [0.25, 0.3) is 0 Å². The minimum absolute atomic E-state index is 0.0755. The smallest absolute Gasteiger partial charge is 0.0665 e. The van der Waals surface area contributed by atoms with E-state index in [-0.39, 0.29) is 6.04 Å². The lowest BCUT2D eigenvalue weighted by Crippen LogP contribution is -2.33. The molecule has 0 heterocycles. The number of likely N-dealkylation sites (N-methyl/N-ethyl adjacent to an activating group) is 1. The topological polar surface area (TPSA) is 29.3 Å². The number of benzene rings is 2. The molecule has 0 bridgehead atoms. The molecule has 0 aliphatic rings. The molecule has 2 aromatic rings. The normalized spacial score (nSPS) is 12.2. The molecule has 1 atom stereocenters. The van der Waals surface area contributed by atoms with Crippen molar-refractivity contribution in [1.82, 2.24) is 0 Å². The predicted octanol–water partition coefficient (Wildman–Crippen LogP) is 4.83. The maximum absolute atomic E-state index is 6.14. The van der Waals surface area contributed by atoms with Crippen LogP contribution in [0.5, 0.6) is 0 Å². The highest BCUT2D eigenvalue weighted by atomic mass is 35.5. The molecule has 0 saturated carbocycles. The molecule has 0 aliphatic heterocycles. The third kappa shape index (κ3) is 3.70. The van der Waals surface area contributed by atoms with Crippen LogP contribution in [-0.4, -0.2) is 13.1 Å². The Morgan fingerprint density at radius 1 is 1.10 bits per heavy atom. The highest BCUT2D eigenvalue weighted by Gasteiger charge is 2.19. The van der Waals surface area contributed by atoms with Crippen LogP contribution in [0, 0.1) is 6.92 Å². The second kappa shape index (κ2) is 7.17. The highest BCUT2D eigenvalue weighted by Crippen LogP contribution is 2.31. The third-order valence-electron chi connectivity index (χ3n) is 3.60. The van der Waals surface area contributed by atoms with Crippen molar-refractivity contribution in [1.29, 1.82) is 0 Å². The molecule has 4 heteroatoms. The molecular weight excluding hydrogens is 303 g/mol. The van der Waals surface area contributed by atoms with Crippen molar-refractivity contribution >= 4 is 28.9 Å². The largest absolute Gasteiger partial charge is 0.363 e. The van der Waals surface area contributed by atoms with Gasteiger partial charge in [-0.3, -0.25) is 0 Å². The van der Waals surface area contributed by atoms with Crippen molar-refractivity contribution in [3.63, 3.8) is 0 Å². The van der Waals surface area contributed by atoms with Gasteiger partial charge in [-0.2, -0.15) is 0 Å². The highest BCUT2D eigenvalue weighted by molar-refractivity contribution is 6.42. The summed E-state index contributed by atoms with van der Waals surface area (Å²) in [6.45, 7) is 5.60. The van der Waals surface area contributed by atoms with Gasteiger partial charge in [-0.05, 0) is 49.2 Å². The van der Waals surface area contributed by atoms with E-state index in [1.165, 1.54) is 11.3 Å². The van der Waals surface area contributed by atoms with Gasteiger partial charge in [-0.15, -0.1) is 0 Å². The second-order valence-corrected chi connectivity index (χ2v) is 5.86. The zero-order valence-electron chi connectivity index (χ0n) is 12.3. The Hall–Kier alpha value is -1.22. The lowest BCUT2D eigenvalue weighted by Gasteiger charge is -2.33. The number of halogens is 2. The number of anilines is 1. The average molecular weight is 323 g/mol. The van der Waals surface area contributed by atoms with Crippen LogP contribution in [0.4, 0.5) is 5.69 Å². The number of nitrogens with zero attached hydrogens (tertiary/aromatic N) is 1. The molecule has 0 saturated heterocycles. The zero-order valence-corrected chi connectivity index (χ0v) is 13.8. The van der Waals surface area contributed by atoms with E-state index in [2.05, 4.69) is 43.0 Å². The van der Waals surface area contributed by atoms with Crippen molar-refractivity contribution in [2.45, 2.75) is 19.9 Å². The maximum Gasteiger partial charge on any atom is 0.0665 e. The first-order valence-electron chi connectivity index (χ1n) is 7.05. The van der Waals surface area contributed by atoms with Gasteiger partial charge < -0.3 is 10.6 Å². The monoisotopic (exact) mass is 322 g/mol. The zero-order chi connectivity index (χ0) is 15.4. The van der Waals surface area contributed by atoms with Gasteiger partial charge in [0.15, 0.2) is 0 Å². The number of hydrogen-bond acceptors (Lipinski definition) is 2. The van der Waals surface area contributed by atoms with E-state index in [1.54, 1.807) is 0 Å². The molecule has 0 radical (unpaired) electrons. The van der Waals surface area contributed by atoms with E-state index < -0.39 is 0 Å². The molecule has 0 aliphatic carbocycles. The minimum atomic E-state index is 0.0755. The molecule has 0 aromatic heterocycles. The van der Waals surface area contributed by atoms with Gasteiger partial charge in [0.05, 0.1) is 16.1 Å².